The van der Waals surface area contributed by atoms with Gasteiger partial charge in [-0.05, 0) is 29.8 Å². The van der Waals surface area contributed by atoms with Crippen molar-refractivity contribution < 1.29 is 19.1 Å². The first-order valence-electron chi connectivity index (χ1n) is 7.36. The molecule has 0 aliphatic heterocycles. The van der Waals surface area contributed by atoms with Gasteiger partial charge in [0.05, 0.1) is 12.1 Å². The summed E-state index contributed by atoms with van der Waals surface area (Å²) in [6.45, 7) is 0.989. The quantitative estimate of drug-likeness (QED) is 0.608. The Bertz CT molecular complexity index is 778. The first-order chi connectivity index (χ1) is 11.9. The Balaban J connectivity index is 1.79. The van der Waals surface area contributed by atoms with Crippen molar-refractivity contribution >= 4 is 40.8 Å². The number of hydrogen-bond donors (Lipinski definition) is 2. The van der Waals surface area contributed by atoms with Crippen LogP contribution in [0.5, 0.6) is 0 Å². The van der Waals surface area contributed by atoms with Gasteiger partial charge in [0.15, 0.2) is 11.8 Å². The number of hydrogen-bond acceptors (Lipinski definition) is 5. The van der Waals surface area contributed by atoms with E-state index in [2.05, 4.69) is 15.6 Å². The van der Waals surface area contributed by atoms with Gasteiger partial charge in [0.25, 0.3) is 5.91 Å². The van der Waals surface area contributed by atoms with Crippen molar-refractivity contribution in [2.24, 2.45) is 0 Å². The van der Waals surface area contributed by atoms with E-state index in [1.165, 1.54) is 13.1 Å². The molecule has 0 aliphatic rings. The SMILES string of the molecule is CC(=O)Nc1ccc(CC(=O)OCC(=O)Nc2cccnc2Cl)cc1. The van der Waals surface area contributed by atoms with Gasteiger partial charge in [0, 0.05) is 18.8 Å². The van der Waals surface area contributed by atoms with E-state index in [-0.39, 0.29) is 17.5 Å². The summed E-state index contributed by atoms with van der Waals surface area (Å²) in [5, 5.41) is 5.29. The van der Waals surface area contributed by atoms with Crippen molar-refractivity contribution in [2.45, 2.75) is 13.3 Å². The van der Waals surface area contributed by atoms with E-state index < -0.39 is 18.5 Å². The number of nitrogens with zero attached hydrogens (tertiary/aromatic N) is 1. The van der Waals surface area contributed by atoms with Crippen LogP contribution >= 0.6 is 11.6 Å². The van der Waals surface area contributed by atoms with Gasteiger partial charge in [-0.1, -0.05) is 23.7 Å². The van der Waals surface area contributed by atoms with Crippen LogP contribution in [0.25, 0.3) is 0 Å². The molecule has 0 saturated carbocycles. The molecule has 0 fully saturated rings. The molecule has 8 heteroatoms. The fourth-order valence-corrected chi connectivity index (χ4v) is 2.11. The van der Waals surface area contributed by atoms with Gasteiger partial charge >= 0.3 is 5.97 Å². The Morgan fingerprint density at radius 3 is 2.48 bits per heavy atom. The summed E-state index contributed by atoms with van der Waals surface area (Å²) < 4.78 is 4.93. The summed E-state index contributed by atoms with van der Waals surface area (Å²) in [4.78, 5) is 38.3. The number of anilines is 2. The van der Waals surface area contributed by atoms with Crippen LogP contribution in [0.1, 0.15) is 12.5 Å². The molecular weight excluding hydrogens is 346 g/mol. The fraction of sp³-hybridized carbons (Fsp3) is 0.176. The second-order valence-corrected chi connectivity index (χ2v) is 5.46. The van der Waals surface area contributed by atoms with Crippen LogP contribution < -0.4 is 10.6 Å². The van der Waals surface area contributed by atoms with Crippen molar-refractivity contribution in [1.29, 1.82) is 0 Å². The topological polar surface area (TPSA) is 97.4 Å². The summed E-state index contributed by atoms with van der Waals surface area (Å²) in [5.74, 6) is -1.23. The van der Waals surface area contributed by atoms with Crippen LogP contribution in [-0.2, 0) is 25.5 Å². The van der Waals surface area contributed by atoms with Crippen molar-refractivity contribution in [3.63, 3.8) is 0 Å². The molecule has 7 nitrogen and oxygen atoms in total. The normalized spacial score (nSPS) is 10.0. The number of aromatic nitrogens is 1. The second kappa shape index (κ2) is 8.79. The molecule has 1 heterocycles. The van der Waals surface area contributed by atoms with E-state index in [4.69, 9.17) is 16.3 Å². The molecular formula is C17H16ClN3O4. The maximum atomic E-state index is 11.8. The number of halogens is 1. The van der Waals surface area contributed by atoms with Crippen LogP contribution in [0.3, 0.4) is 0 Å². The highest BCUT2D eigenvalue weighted by Gasteiger charge is 2.10. The standard InChI is InChI=1S/C17H16ClN3O4/c1-11(22)20-13-6-4-12(5-7-13)9-16(24)25-10-15(23)21-14-3-2-8-19-17(14)18/h2-8H,9-10H2,1H3,(H,20,22)(H,21,23). The zero-order chi connectivity index (χ0) is 18.2. The average molecular weight is 362 g/mol. The Morgan fingerprint density at radius 2 is 1.84 bits per heavy atom. The number of amides is 2. The summed E-state index contributed by atoms with van der Waals surface area (Å²) in [5.41, 5.74) is 1.69. The van der Waals surface area contributed by atoms with Crippen molar-refractivity contribution in [3.05, 3.63) is 53.3 Å². The number of esters is 1. The number of carbonyl (C=O) groups excluding carboxylic acids is 3. The Morgan fingerprint density at radius 1 is 1.12 bits per heavy atom. The molecule has 2 rings (SSSR count). The zero-order valence-electron chi connectivity index (χ0n) is 13.4. The zero-order valence-corrected chi connectivity index (χ0v) is 14.2. The lowest BCUT2D eigenvalue weighted by molar-refractivity contribution is -0.146. The molecule has 1 aromatic carbocycles. The molecule has 0 atom stereocenters. The Kier molecular flexibility index (Phi) is 6.47. The summed E-state index contributed by atoms with van der Waals surface area (Å²) in [7, 11) is 0. The summed E-state index contributed by atoms with van der Waals surface area (Å²) in [6.07, 6.45) is 1.51. The average Bonchev–Trinajstić information content (AvgIpc) is 2.56. The van der Waals surface area contributed by atoms with Crippen molar-refractivity contribution in [3.8, 4) is 0 Å². The third kappa shape index (κ3) is 6.23. The summed E-state index contributed by atoms with van der Waals surface area (Å²) in [6, 6.07) is 9.97. The van der Waals surface area contributed by atoms with Crippen LogP contribution in [-0.4, -0.2) is 29.4 Å². The monoisotopic (exact) mass is 361 g/mol. The highest BCUT2D eigenvalue weighted by atomic mass is 35.5. The first kappa shape index (κ1) is 18.4. The largest absolute Gasteiger partial charge is 0.455 e. The van der Waals surface area contributed by atoms with Gasteiger partial charge in [0.2, 0.25) is 5.91 Å². The molecule has 2 aromatic rings. The molecule has 0 unspecified atom stereocenters. The third-order valence-electron chi connectivity index (χ3n) is 3.02. The summed E-state index contributed by atoms with van der Waals surface area (Å²) >= 11 is 5.82. The van der Waals surface area contributed by atoms with Crippen LogP contribution in [0.15, 0.2) is 42.6 Å². The van der Waals surface area contributed by atoms with E-state index in [0.29, 0.717) is 16.9 Å². The number of nitrogens with one attached hydrogen (secondary N) is 2. The van der Waals surface area contributed by atoms with E-state index in [1.54, 1.807) is 36.4 Å². The third-order valence-corrected chi connectivity index (χ3v) is 3.32. The minimum atomic E-state index is -0.542. The Hall–Kier alpha value is -2.93. The van der Waals surface area contributed by atoms with Crippen LogP contribution in [0, 0.1) is 0 Å². The van der Waals surface area contributed by atoms with Gasteiger partial charge in [-0.15, -0.1) is 0 Å². The van der Waals surface area contributed by atoms with Gasteiger partial charge in [-0.25, -0.2) is 4.98 Å². The van der Waals surface area contributed by atoms with E-state index in [1.807, 2.05) is 0 Å². The fourth-order valence-electron chi connectivity index (χ4n) is 1.94. The van der Waals surface area contributed by atoms with E-state index in [0.717, 1.165) is 0 Å². The highest BCUT2D eigenvalue weighted by molar-refractivity contribution is 6.32. The van der Waals surface area contributed by atoms with E-state index in [9.17, 15) is 14.4 Å². The molecule has 0 radical (unpaired) electrons. The van der Waals surface area contributed by atoms with Crippen LogP contribution in [0.2, 0.25) is 5.15 Å². The lowest BCUT2D eigenvalue weighted by Crippen LogP contribution is -2.21. The molecule has 0 bridgehead atoms. The number of benzene rings is 1. The molecule has 25 heavy (non-hydrogen) atoms. The molecule has 0 aliphatic carbocycles. The smallest absolute Gasteiger partial charge is 0.310 e. The van der Waals surface area contributed by atoms with Gasteiger partial charge in [-0.3, -0.25) is 14.4 Å². The van der Waals surface area contributed by atoms with Gasteiger partial charge in [-0.2, -0.15) is 0 Å². The molecule has 2 amide bonds. The van der Waals surface area contributed by atoms with Crippen LogP contribution in [0.4, 0.5) is 11.4 Å². The molecule has 0 saturated heterocycles. The van der Waals surface area contributed by atoms with Gasteiger partial charge in [0.1, 0.15) is 0 Å². The van der Waals surface area contributed by atoms with Crippen molar-refractivity contribution in [1.82, 2.24) is 4.98 Å². The van der Waals surface area contributed by atoms with Crippen molar-refractivity contribution in [2.75, 3.05) is 17.2 Å². The lowest BCUT2D eigenvalue weighted by Gasteiger charge is -2.08. The number of carbonyl (C=O) groups is 3. The Labute approximate surface area is 149 Å². The van der Waals surface area contributed by atoms with E-state index >= 15 is 0 Å². The minimum Gasteiger partial charge on any atom is -0.455 e. The molecule has 2 N–H and O–H groups in total. The lowest BCUT2D eigenvalue weighted by atomic mass is 10.1. The highest BCUT2D eigenvalue weighted by Crippen LogP contribution is 2.17. The minimum absolute atomic E-state index is 0.0152. The molecule has 1 aromatic heterocycles. The number of ether oxygens (including phenoxy) is 1. The maximum Gasteiger partial charge on any atom is 0.310 e. The van der Waals surface area contributed by atoms with Gasteiger partial charge < -0.3 is 15.4 Å². The predicted octanol–water partition coefficient (Wildman–Crippen LogP) is 2.42. The predicted molar refractivity (Wildman–Crippen MR) is 93.3 cm³/mol. The number of pyridine rings is 1. The second-order valence-electron chi connectivity index (χ2n) is 5.11. The molecule has 130 valence electrons. The maximum absolute atomic E-state index is 11.8. The first-order valence-corrected chi connectivity index (χ1v) is 7.74. The number of rotatable bonds is 6. The molecule has 0 spiro atoms.